The SMILES string of the molecule is COc1cccc2c1C(N)CCS2(=O)=O. The van der Waals surface area contributed by atoms with Crippen LogP contribution in [0.5, 0.6) is 5.75 Å². The monoisotopic (exact) mass is 227 g/mol. The minimum absolute atomic E-state index is 0.119. The summed E-state index contributed by atoms with van der Waals surface area (Å²) in [6.07, 6.45) is 0.454. The number of sulfone groups is 1. The molecule has 1 heterocycles. The molecule has 1 unspecified atom stereocenters. The van der Waals surface area contributed by atoms with Crippen molar-refractivity contribution in [2.75, 3.05) is 12.9 Å². The quantitative estimate of drug-likeness (QED) is 0.773. The highest BCUT2D eigenvalue weighted by molar-refractivity contribution is 7.91. The molecule has 15 heavy (non-hydrogen) atoms. The summed E-state index contributed by atoms with van der Waals surface area (Å²) in [5, 5.41) is 0. The van der Waals surface area contributed by atoms with Gasteiger partial charge in [-0.05, 0) is 18.6 Å². The van der Waals surface area contributed by atoms with E-state index in [9.17, 15) is 8.42 Å². The fourth-order valence-electron chi connectivity index (χ4n) is 1.87. The zero-order chi connectivity index (χ0) is 11.1. The molecule has 1 aliphatic heterocycles. The Kier molecular flexibility index (Phi) is 2.44. The molecule has 1 aromatic rings. The number of nitrogens with two attached hydrogens (primary N) is 1. The van der Waals surface area contributed by atoms with Crippen molar-refractivity contribution in [1.29, 1.82) is 0 Å². The highest BCUT2D eigenvalue weighted by atomic mass is 32.2. The van der Waals surface area contributed by atoms with Gasteiger partial charge in [-0.1, -0.05) is 6.07 Å². The molecule has 1 atom stereocenters. The minimum atomic E-state index is -3.17. The summed E-state index contributed by atoms with van der Waals surface area (Å²) in [5.74, 6) is 0.678. The number of hydrogen-bond donors (Lipinski definition) is 1. The molecule has 0 aromatic heterocycles. The Bertz CT molecular complexity index is 481. The van der Waals surface area contributed by atoms with E-state index in [1.807, 2.05) is 0 Å². The van der Waals surface area contributed by atoms with Crippen LogP contribution in [0.2, 0.25) is 0 Å². The summed E-state index contributed by atoms with van der Waals surface area (Å²) in [4.78, 5) is 0.320. The number of fused-ring (bicyclic) bond motifs is 1. The third-order valence-electron chi connectivity index (χ3n) is 2.65. The molecule has 0 saturated heterocycles. The Morgan fingerprint density at radius 1 is 1.47 bits per heavy atom. The van der Waals surface area contributed by atoms with Gasteiger partial charge < -0.3 is 10.5 Å². The van der Waals surface area contributed by atoms with Gasteiger partial charge in [0.25, 0.3) is 0 Å². The lowest BCUT2D eigenvalue weighted by Gasteiger charge is -2.24. The first kappa shape index (κ1) is 10.4. The topological polar surface area (TPSA) is 69.4 Å². The van der Waals surface area contributed by atoms with Crippen molar-refractivity contribution in [2.24, 2.45) is 5.73 Å². The Morgan fingerprint density at radius 2 is 2.20 bits per heavy atom. The Labute approximate surface area is 89.0 Å². The van der Waals surface area contributed by atoms with E-state index in [1.165, 1.54) is 7.11 Å². The smallest absolute Gasteiger partial charge is 0.178 e. The lowest BCUT2D eigenvalue weighted by Crippen LogP contribution is -2.25. The van der Waals surface area contributed by atoms with E-state index >= 15 is 0 Å². The van der Waals surface area contributed by atoms with Gasteiger partial charge in [-0.25, -0.2) is 8.42 Å². The normalized spacial score (nSPS) is 23.2. The van der Waals surface area contributed by atoms with Crippen molar-refractivity contribution >= 4 is 9.84 Å². The maximum Gasteiger partial charge on any atom is 0.178 e. The summed E-state index contributed by atoms with van der Waals surface area (Å²) < 4.78 is 28.7. The molecule has 0 spiro atoms. The predicted molar refractivity (Wildman–Crippen MR) is 56.6 cm³/mol. The van der Waals surface area contributed by atoms with Crippen LogP contribution in [-0.2, 0) is 9.84 Å². The van der Waals surface area contributed by atoms with E-state index in [-0.39, 0.29) is 11.8 Å². The van der Waals surface area contributed by atoms with E-state index in [0.29, 0.717) is 22.6 Å². The molecule has 1 aliphatic rings. The highest BCUT2D eigenvalue weighted by Gasteiger charge is 2.30. The molecule has 2 rings (SSSR count). The summed E-state index contributed by atoms with van der Waals surface area (Å²) in [6, 6.07) is 4.75. The van der Waals surface area contributed by atoms with Crippen LogP contribution < -0.4 is 10.5 Å². The van der Waals surface area contributed by atoms with Gasteiger partial charge in [0.05, 0.1) is 17.8 Å². The fraction of sp³-hybridized carbons (Fsp3) is 0.400. The average molecular weight is 227 g/mol. The predicted octanol–water partition coefficient (Wildman–Crippen LogP) is 0.872. The van der Waals surface area contributed by atoms with Gasteiger partial charge in [0.1, 0.15) is 5.75 Å². The van der Waals surface area contributed by atoms with E-state index in [1.54, 1.807) is 18.2 Å². The summed E-state index contributed by atoms with van der Waals surface area (Å²) >= 11 is 0. The molecule has 0 aliphatic carbocycles. The Hall–Kier alpha value is -1.07. The molecule has 0 saturated carbocycles. The van der Waals surface area contributed by atoms with E-state index in [2.05, 4.69) is 0 Å². The number of benzene rings is 1. The van der Waals surface area contributed by atoms with Gasteiger partial charge in [-0.15, -0.1) is 0 Å². The van der Waals surface area contributed by atoms with Crippen LogP contribution in [0.4, 0.5) is 0 Å². The third-order valence-corrected chi connectivity index (χ3v) is 4.45. The second-order valence-electron chi connectivity index (χ2n) is 3.59. The van der Waals surface area contributed by atoms with Gasteiger partial charge in [-0.3, -0.25) is 0 Å². The number of ether oxygens (including phenoxy) is 1. The third kappa shape index (κ3) is 1.61. The fourth-order valence-corrected chi connectivity index (χ4v) is 3.53. The molecule has 0 amide bonds. The molecule has 0 radical (unpaired) electrons. The number of methoxy groups -OCH3 is 1. The van der Waals surface area contributed by atoms with Crippen molar-refractivity contribution in [2.45, 2.75) is 17.4 Å². The standard InChI is InChI=1S/C10H13NO3S/c1-14-8-3-2-4-9-10(8)7(11)5-6-15(9,12)13/h2-4,7H,5-6,11H2,1H3. The minimum Gasteiger partial charge on any atom is -0.496 e. The summed E-state index contributed by atoms with van der Waals surface area (Å²) in [6.45, 7) is 0. The molecular weight excluding hydrogens is 214 g/mol. The van der Waals surface area contributed by atoms with Crippen molar-refractivity contribution in [3.05, 3.63) is 23.8 Å². The van der Waals surface area contributed by atoms with Crippen LogP contribution in [0.3, 0.4) is 0 Å². The van der Waals surface area contributed by atoms with Crippen LogP contribution in [0.25, 0.3) is 0 Å². The van der Waals surface area contributed by atoms with Crippen LogP contribution in [-0.4, -0.2) is 21.3 Å². The largest absolute Gasteiger partial charge is 0.496 e. The zero-order valence-corrected chi connectivity index (χ0v) is 9.25. The lowest BCUT2D eigenvalue weighted by molar-refractivity contribution is 0.401. The highest BCUT2D eigenvalue weighted by Crippen LogP contribution is 2.36. The van der Waals surface area contributed by atoms with Crippen molar-refractivity contribution < 1.29 is 13.2 Å². The first-order valence-corrected chi connectivity index (χ1v) is 6.37. The molecular formula is C10H13NO3S. The molecule has 4 nitrogen and oxygen atoms in total. The first-order valence-electron chi connectivity index (χ1n) is 4.71. The van der Waals surface area contributed by atoms with Crippen molar-refractivity contribution in [3.8, 4) is 5.75 Å². The number of rotatable bonds is 1. The van der Waals surface area contributed by atoms with Gasteiger partial charge in [0, 0.05) is 11.6 Å². The van der Waals surface area contributed by atoms with E-state index < -0.39 is 9.84 Å². The first-order chi connectivity index (χ1) is 7.06. The van der Waals surface area contributed by atoms with Crippen LogP contribution in [0.15, 0.2) is 23.1 Å². The second-order valence-corrected chi connectivity index (χ2v) is 5.66. The summed E-state index contributed by atoms with van der Waals surface area (Å²) in [7, 11) is -1.65. The molecule has 0 fully saturated rings. The zero-order valence-electron chi connectivity index (χ0n) is 8.43. The van der Waals surface area contributed by atoms with Crippen LogP contribution in [0.1, 0.15) is 18.0 Å². The van der Waals surface area contributed by atoms with E-state index in [0.717, 1.165) is 0 Å². The number of hydrogen-bond acceptors (Lipinski definition) is 4. The molecule has 5 heteroatoms. The maximum absolute atomic E-state index is 11.8. The van der Waals surface area contributed by atoms with Crippen LogP contribution in [0, 0.1) is 0 Å². The maximum atomic E-state index is 11.8. The van der Waals surface area contributed by atoms with Gasteiger partial charge >= 0.3 is 0 Å². The average Bonchev–Trinajstić information content (AvgIpc) is 2.23. The van der Waals surface area contributed by atoms with Gasteiger partial charge in [0.15, 0.2) is 9.84 Å². The van der Waals surface area contributed by atoms with Gasteiger partial charge in [-0.2, -0.15) is 0 Å². The van der Waals surface area contributed by atoms with E-state index in [4.69, 9.17) is 10.5 Å². The lowest BCUT2D eigenvalue weighted by atomic mass is 10.0. The molecule has 0 bridgehead atoms. The van der Waals surface area contributed by atoms with Gasteiger partial charge in [0.2, 0.25) is 0 Å². The summed E-state index contributed by atoms with van der Waals surface area (Å²) in [5.41, 5.74) is 6.52. The molecule has 82 valence electrons. The Balaban J connectivity index is 2.72. The second kappa shape index (κ2) is 3.50. The van der Waals surface area contributed by atoms with Crippen molar-refractivity contribution in [3.63, 3.8) is 0 Å². The molecule has 2 N–H and O–H groups in total. The van der Waals surface area contributed by atoms with Crippen LogP contribution >= 0.6 is 0 Å². The Morgan fingerprint density at radius 3 is 2.87 bits per heavy atom. The molecule has 1 aromatic carbocycles. The van der Waals surface area contributed by atoms with Crippen molar-refractivity contribution in [1.82, 2.24) is 0 Å².